The molecule has 4 aliphatic carbocycles. The Balaban J connectivity index is 1.53. The second kappa shape index (κ2) is 7.09. The minimum absolute atomic E-state index is 0.330. The van der Waals surface area contributed by atoms with E-state index < -0.39 is 11.2 Å². The zero-order valence-corrected chi connectivity index (χ0v) is 19.9. The Labute approximate surface area is 179 Å². The maximum absolute atomic E-state index is 10.7. The summed E-state index contributed by atoms with van der Waals surface area (Å²) in [6.45, 7) is 13.6. The molecule has 0 aromatic carbocycles. The number of hydrogen-bond acceptors (Lipinski definition) is 2. The molecule has 0 heterocycles. The molecule has 0 saturated heterocycles. The van der Waals surface area contributed by atoms with Gasteiger partial charge in [0.2, 0.25) is 0 Å². The van der Waals surface area contributed by atoms with Crippen LogP contribution >= 0.6 is 0 Å². The Hall–Kier alpha value is -0.340. The lowest BCUT2D eigenvalue weighted by Gasteiger charge is -2.59. The second-order valence-electron chi connectivity index (χ2n) is 13.0. The van der Waals surface area contributed by atoms with Crippen LogP contribution in [0.15, 0.2) is 11.6 Å². The molecule has 1 unspecified atom stereocenters. The van der Waals surface area contributed by atoms with Gasteiger partial charge >= 0.3 is 0 Å². The third-order valence-corrected chi connectivity index (χ3v) is 10.4. The first kappa shape index (κ1) is 21.9. The van der Waals surface area contributed by atoms with Crippen molar-refractivity contribution >= 4 is 0 Å². The summed E-state index contributed by atoms with van der Waals surface area (Å²) in [7, 11) is 0. The molecule has 29 heavy (non-hydrogen) atoms. The van der Waals surface area contributed by atoms with E-state index in [0.29, 0.717) is 16.7 Å². The minimum atomic E-state index is -0.536. The fourth-order valence-electron chi connectivity index (χ4n) is 8.56. The average Bonchev–Trinajstić information content (AvgIpc) is 2.97. The van der Waals surface area contributed by atoms with Crippen molar-refractivity contribution in [2.24, 2.45) is 40.4 Å². The van der Waals surface area contributed by atoms with Gasteiger partial charge in [0, 0.05) is 0 Å². The highest BCUT2D eigenvalue weighted by Crippen LogP contribution is 2.67. The Bertz CT molecular complexity index is 656. The van der Waals surface area contributed by atoms with Gasteiger partial charge in [-0.25, -0.2) is 0 Å². The smallest absolute Gasteiger partial charge is 0.0657 e. The van der Waals surface area contributed by atoms with Gasteiger partial charge in [-0.15, -0.1) is 0 Å². The lowest BCUT2D eigenvalue weighted by molar-refractivity contribution is -0.0713. The Kier molecular flexibility index (Phi) is 5.35. The Morgan fingerprint density at radius 3 is 2.48 bits per heavy atom. The van der Waals surface area contributed by atoms with Crippen LogP contribution in [-0.4, -0.2) is 21.4 Å². The first-order valence-electron chi connectivity index (χ1n) is 12.5. The topological polar surface area (TPSA) is 40.5 Å². The molecule has 3 fully saturated rings. The van der Waals surface area contributed by atoms with Crippen molar-refractivity contribution in [3.63, 3.8) is 0 Å². The van der Waals surface area contributed by atoms with Crippen LogP contribution in [0.2, 0.25) is 0 Å². The molecular formula is C27H46O2. The highest BCUT2D eigenvalue weighted by Gasteiger charge is 2.59. The molecule has 2 heteroatoms. The Morgan fingerprint density at radius 2 is 1.79 bits per heavy atom. The molecule has 0 aliphatic heterocycles. The van der Waals surface area contributed by atoms with Crippen molar-refractivity contribution in [3.05, 3.63) is 11.6 Å². The van der Waals surface area contributed by atoms with Gasteiger partial charge in [-0.2, -0.15) is 0 Å². The predicted octanol–water partition coefficient (Wildman–Crippen LogP) is 6.50. The number of aliphatic hydroxyl groups is 2. The third kappa shape index (κ3) is 3.75. The second-order valence-corrected chi connectivity index (χ2v) is 13.0. The molecule has 166 valence electrons. The first-order chi connectivity index (χ1) is 13.4. The number of hydrogen-bond donors (Lipinski definition) is 2. The largest absolute Gasteiger partial charge is 0.390 e. The van der Waals surface area contributed by atoms with Crippen LogP contribution < -0.4 is 0 Å². The maximum Gasteiger partial charge on any atom is 0.0657 e. The van der Waals surface area contributed by atoms with Gasteiger partial charge in [-0.3, -0.25) is 0 Å². The molecule has 3 saturated carbocycles. The molecule has 2 N–H and O–H groups in total. The zero-order chi connectivity index (χ0) is 21.2. The summed E-state index contributed by atoms with van der Waals surface area (Å²) in [6, 6.07) is 0. The van der Waals surface area contributed by atoms with Crippen LogP contribution in [0.4, 0.5) is 0 Å². The molecule has 8 atom stereocenters. The molecule has 0 spiro atoms. The van der Waals surface area contributed by atoms with Crippen molar-refractivity contribution in [2.45, 2.75) is 117 Å². The highest BCUT2D eigenvalue weighted by atomic mass is 16.3. The van der Waals surface area contributed by atoms with E-state index in [1.54, 1.807) is 5.57 Å². The van der Waals surface area contributed by atoms with Crippen LogP contribution in [0.1, 0.15) is 106 Å². The van der Waals surface area contributed by atoms with E-state index in [1.807, 2.05) is 20.8 Å². The van der Waals surface area contributed by atoms with Gasteiger partial charge < -0.3 is 10.2 Å². The van der Waals surface area contributed by atoms with E-state index in [1.165, 1.54) is 38.5 Å². The summed E-state index contributed by atoms with van der Waals surface area (Å²) in [6.07, 6.45) is 14.5. The standard InChI is InChI=1S/C27H46O2/c1-18(11-13-24(2,3)28)21-9-10-22-20-8-7-19-17-25(4,29)15-16-26(19,5)23(20)12-14-27(21,22)6/h7,18,20-23,28-29H,8-17H2,1-6H3/t18-,20?,21-,22+,23+,25+,26+,27-/m1/s1. The molecule has 4 aliphatic rings. The summed E-state index contributed by atoms with van der Waals surface area (Å²) in [5.41, 5.74) is 1.37. The summed E-state index contributed by atoms with van der Waals surface area (Å²) in [4.78, 5) is 0. The van der Waals surface area contributed by atoms with E-state index in [9.17, 15) is 10.2 Å². The molecule has 0 radical (unpaired) electrons. The highest BCUT2D eigenvalue weighted by molar-refractivity contribution is 5.26. The lowest BCUT2D eigenvalue weighted by Crippen LogP contribution is -2.52. The summed E-state index contributed by atoms with van der Waals surface area (Å²) in [5.74, 6) is 4.07. The van der Waals surface area contributed by atoms with Crippen LogP contribution in [0.5, 0.6) is 0 Å². The minimum Gasteiger partial charge on any atom is -0.390 e. The molecular weight excluding hydrogens is 356 g/mol. The van der Waals surface area contributed by atoms with Crippen molar-refractivity contribution in [1.29, 1.82) is 0 Å². The molecule has 0 aromatic rings. The number of fused-ring (bicyclic) bond motifs is 5. The number of allylic oxidation sites excluding steroid dienone is 1. The van der Waals surface area contributed by atoms with Crippen LogP contribution in [0.3, 0.4) is 0 Å². The van der Waals surface area contributed by atoms with Gasteiger partial charge in [-0.05, 0) is 125 Å². The van der Waals surface area contributed by atoms with E-state index in [2.05, 4.69) is 26.8 Å². The predicted molar refractivity (Wildman–Crippen MR) is 121 cm³/mol. The van der Waals surface area contributed by atoms with E-state index in [-0.39, 0.29) is 0 Å². The fraction of sp³-hybridized carbons (Fsp3) is 0.926. The van der Waals surface area contributed by atoms with E-state index >= 15 is 0 Å². The quantitative estimate of drug-likeness (QED) is 0.527. The van der Waals surface area contributed by atoms with E-state index in [0.717, 1.165) is 49.4 Å². The zero-order valence-electron chi connectivity index (χ0n) is 19.9. The van der Waals surface area contributed by atoms with Crippen molar-refractivity contribution in [2.75, 3.05) is 0 Å². The Morgan fingerprint density at radius 1 is 1.07 bits per heavy atom. The van der Waals surface area contributed by atoms with Crippen molar-refractivity contribution in [1.82, 2.24) is 0 Å². The SMILES string of the molecule is C[C@H](CCC(C)(C)O)[C@H]1CC[C@H]2C3CC=C4C[C@@](C)(O)CC[C@]4(C)[C@H]3CC[C@]12C. The molecule has 0 aromatic heterocycles. The molecule has 0 amide bonds. The van der Waals surface area contributed by atoms with Gasteiger partial charge in [0.15, 0.2) is 0 Å². The summed E-state index contributed by atoms with van der Waals surface area (Å²) in [5, 5.41) is 20.9. The number of rotatable bonds is 4. The third-order valence-electron chi connectivity index (χ3n) is 10.4. The van der Waals surface area contributed by atoms with Gasteiger partial charge in [0.25, 0.3) is 0 Å². The van der Waals surface area contributed by atoms with Crippen LogP contribution in [0, 0.1) is 40.4 Å². The monoisotopic (exact) mass is 402 g/mol. The van der Waals surface area contributed by atoms with Crippen molar-refractivity contribution < 1.29 is 10.2 Å². The van der Waals surface area contributed by atoms with Crippen LogP contribution in [0.25, 0.3) is 0 Å². The fourth-order valence-corrected chi connectivity index (χ4v) is 8.56. The summed E-state index contributed by atoms with van der Waals surface area (Å²) >= 11 is 0. The average molecular weight is 403 g/mol. The van der Waals surface area contributed by atoms with Crippen molar-refractivity contribution in [3.8, 4) is 0 Å². The van der Waals surface area contributed by atoms with Gasteiger partial charge in [-0.1, -0.05) is 32.4 Å². The molecule has 0 bridgehead atoms. The molecule has 4 rings (SSSR count). The normalized spacial score (nSPS) is 48.3. The maximum atomic E-state index is 10.7. The van der Waals surface area contributed by atoms with Crippen LogP contribution in [-0.2, 0) is 0 Å². The summed E-state index contributed by atoms with van der Waals surface area (Å²) < 4.78 is 0. The lowest BCUT2D eigenvalue weighted by atomic mass is 9.46. The van der Waals surface area contributed by atoms with Gasteiger partial charge in [0.1, 0.15) is 0 Å². The molecule has 2 nitrogen and oxygen atoms in total. The van der Waals surface area contributed by atoms with Gasteiger partial charge in [0.05, 0.1) is 11.2 Å². The first-order valence-corrected chi connectivity index (χ1v) is 12.5. The van der Waals surface area contributed by atoms with E-state index in [4.69, 9.17) is 0 Å².